The number of H-pyrrole nitrogens is 1. The highest BCUT2D eigenvalue weighted by Crippen LogP contribution is 2.24. The van der Waals surface area contributed by atoms with Gasteiger partial charge in [-0.2, -0.15) is 0 Å². The average Bonchev–Trinajstić information content (AvgIpc) is 2.76. The van der Waals surface area contributed by atoms with Crippen LogP contribution in [0.2, 0.25) is 0 Å². The Morgan fingerprint density at radius 1 is 0.952 bits per heavy atom. The molecule has 3 aromatic rings. The first-order valence-corrected chi connectivity index (χ1v) is 6.33. The zero-order chi connectivity index (χ0) is 15.3. The van der Waals surface area contributed by atoms with Gasteiger partial charge in [0.05, 0.1) is 16.8 Å². The Hall–Kier alpha value is -2.89. The van der Waals surface area contributed by atoms with Crippen molar-refractivity contribution in [1.82, 2.24) is 9.78 Å². The first kappa shape index (κ1) is 13.1. The maximum absolute atomic E-state index is 12.4. The van der Waals surface area contributed by atoms with Crippen LogP contribution in [0.5, 0.6) is 5.75 Å². The summed E-state index contributed by atoms with van der Waals surface area (Å²) in [4.78, 5) is 35.1. The minimum Gasteiger partial charge on any atom is -0.503 e. The normalized spacial score (nSPS) is 11.1. The topological polar surface area (TPSA) is 92.2 Å². The number of hydrogen-bond acceptors (Lipinski definition) is 4. The average molecular weight is 284 g/mol. The second-order valence-electron chi connectivity index (χ2n) is 4.97. The monoisotopic (exact) mass is 284 g/mol. The molecule has 21 heavy (non-hydrogen) atoms. The lowest BCUT2D eigenvalue weighted by Crippen LogP contribution is -2.33. The molecule has 1 heterocycles. The fraction of sp³-hybridized carbons (Fsp3) is 0.133. The van der Waals surface area contributed by atoms with Crippen LogP contribution in [0.4, 0.5) is 0 Å². The van der Waals surface area contributed by atoms with Crippen molar-refractivity contribution in [3.05, 3.63) is 66.3 Å². The molecule has 0 aliphatic heterocycles. The Bertz CT molecular complexity index is 967. The summed E-state index contributed by atoms with van der Waals surface area (Å²) in [5.74, 6) is -0.643. The molecule has 0 unspecified atom stereocenters. The van der Waals surface area contributed by atoms with Gasteiger partial charge in [-0.15, -0.1) is 0 Å². The number of nitrogens with zero attached hydrogens (tertiary/aromatic N) is 1. The standard InChI is InChI=1S/C15H12N2O4/c1-7-3-5-9(6-4-7)17-15(21)10(8(2)16-17)11-12(18)14(20)13(11)19/h3-6,16,18H,1-2H3. The van der Waals surface area contributed by atoms with Crippen LogP contribution in [-0.2, 0) is 0 Å². The van der Waals surface area contributed by atoms with Crippen LogP contribution in [0.15, 0.2) is 38.6 Å². The number of aromatic amines is 1. The summed E-state index contributed by atoms with van der Waals surface area (Å²) in [7, 11) is 0. The van der Waals surface area contributed by atoms with Crippen molar-refractivity contribution in [2.75, 3.05) is 0 Å². The second kappa shape index (κ2) is 4.31. The molecule has 0 saturated heterocycles. The van der Waals surface area contributed by atoms with E-state index in [0.717, 1.165) is 5.56 Å². The highest BCUT2D eigenvalue weighted by Gasteiger charge is 2.27. The third kappa shape index (κ3) is 1.76. The van der Waals surface area contributed by atoms with Crippen molar-refractivity contribution in [1.29, 1.82) is 0 Å². The Balaban J connectivity index is 2.23. The molecular weight excluding hydrogens is 272 g/mol. The lowest BCUT2D eigenvalue weighted by molar-refractivity contribution is 0.465. The molecule has 0 spiro atoms. The van der Waals surface area contributed by atoms with Gasteiger partial charge in [-0.1, -0.05) is 17.7 Å². The minimum absolute atomic E-state index is 0.0395. The lowest BCUT2D eigenvalue weighted by atomic mass is 10.0. The highest BCUT2D eigenvalue weighted by molar-refractivity contribution is 5.74. The van der Waals surface area contributed by atoms with E-state index in [1.54, 1.807) is 19.1 Å². The van der Waals surface area contributed by atoms with E-state index in [2.05, 4.69) is 5.10 Å². The van der Waals surface area contributed by atoms with Gasteiger partial charge in [0.25, 0.3) is 11.0 Å². The molecule has 0 saturated carbocycles. The summed E-state index contributed by atoms with van der Waals surface area (Å²) in [5, 5.41) is 12.4. The van der Waals surface area contributed by atoms with Crippen molar-refractivity contribution < 1.29 is 5.11 Å². The molecule has 106 valence electrons. The Kier molecular flexibility index (Phi) is 2.69. The van der Waals surface area contributed by atoms with E-state index >= 15 is 0 Å². The third-order valence-electron chi connectivity index (χ3n) is 3.50. The molecule has 6 nitrogen and oxygen atoms in total. The Morgan fingerprint density at radius 2 is 1.57 bits per heavy atom. The van der Waals surface area contributed by atoms with Crippen LogP contribution in [0.3, 0.4) is 0 Å². The van der Waals surface area contributed by atoms with Crippen LogP contribution < -0.4 is 16.4 Å². The maximum Gasteiger partial charge on any atom is 0.279 e. The number of hydrogen-bond donors (Lipinski definition) is 2. The number of aryl methyl sites for hydroxylation is 2. The molecule has 0 bridgehead atoms. The van der Waals surface area contributed by atoms with E-state index in [1.165, 1.54) is 4.68 Å². The number of rotatable bonds is 2. The van der Waals surface area contributed by atoms with E-state index in [1.807, 2.05) is 19.1 Å². The highest BCUT2D eigenvalue weighted by atomic mass is 16.3. The fourth-order valence-corrected chi connectivity index (χ4v) is 2.33. The van der Waals surface area contributed by atoms with Crippen molar-refractivity contribution in [3.63, 3.8) is 0 Å². The van der Waals surface area contributed by atoms with Crippen LogP contribution in [0.1, 0.15) is 11.3 Å². The van der Waals surface area contributed by atoms with Gasteiger partial charge in [-0.25, -0.2) is 4.68 Å². The summed E-state index contributed by atoms with van der Waals surface area (Å²) in [6.07, 6.45) is 0. The van der Waals surface area contributed by atoms with E-state index < -0.39 is 22.2 Å². The molecule has 0 fully saturated rings. The fourth-order valence-electron chi connectivity index (χ4n) is 2.33. The van der Waals surface area contributed by atoms with Gasteiger partial charge in [-0.05, 0) is 26.0 Å². The summed E-state index contributed by atoms with van der Waals surface area (Å²) in [5.41, 5.74) is -0.341. The van der Waals surface area contributed by atoms with Crippen molar-refractivity contribution >= 4 is 0 Å². The number of aromatic hydroxyl groups is 1. The van der Waals surface area contributed by atoms with E-state index in [9.17, 15) is 19.5 Å². The molecule has 0 radical (unpaired) electrons. The number of aromatic nitrogens is 2. The van der Waals surface area contributed by atoms with Crippen molar-refractivity contribution in [2.24, 2.45) is 0 Å². The molecule has 2 aromatic carbocycles. The molecule has 2 N–H and O–H groups in total. The Labute approximate surface area is 118 Å². The molecule has 1 aromatic heterocycles. The lowest BCUT2D eigenvalue weighted by Gasteiger charge is -2.02. The van der Waals surface area contributed by atoms with E-state index in [-0.39, 0.29) is 11.1 Å². The van der Waals surface area contributed by atoms with Crippen molar-refractivity contribution in [3.8, 4) is 22.6 Å². The van der Waals surface area contributed by atoms with E-state index in [0.29, 0.717) is 11.4 Å². The smallest absolute Gasteiger partial charge is 0.279 e. The first-order chi connectivity index (χ1) is 9.91. The number of nitrogens with one attached hydrogen (secondary N) is 1. The maximum atomic E-state index is 12.4. The van der Waals surface area contributed by atoms with Crippen LogP contribution in [-0.4, -0.2) is 14.9 Å². The molecule has 0 aliphatic carbocycles. The quantitative estimate of drug-likeness (QED) is 0.679. The van der Waals surface area contributed by atoms with E-state index in [4.69, 9.17) is 0 Å². The van der Waals surface area contributed by atoms with Gasteiger partial charge in [0.1, 0.15) is 0 Å². The van der Waals surface area contributed by atoms with Gasteiger partial charge >= 0.3 is 0 Å². The van der Waals surface area contributed by atoms with Gasteiger partial charge < -0.3 is 5.11 Å². The first-order valence-electron chi connectivity index (χ1n) is 6.33. The predicted octanol–water partition coefficient (Wildman–Crippen LogP) is 0.751. The SMILES string of the molecule is Cc1ccc(-n2[nH]c(C)c(-c3c(O)c(=O)c3=O)c2=O)cc1. The predicted molar refractivity (Wildman–Crippen MR) is 77.9 cm³/mol. The third-order valence-corrected chi connectivity index (χ3v) is 3.50. The van der Waals surface area contributed by atoms with Crippen LogP contribution >= 0.6 is 0 Å². The second-order valence-corrected chi connectivity index (χ2v) is 4.97. The summed E-state index contributed by atoms with van der Waals surface area (Å²) < 4.78 is 1.28. The largest absolute Gasteiger partial charge is 0.503 e. The number of benzene rings is 1. The van der Waals surface area contributed by atoms with Gasteiger partial charge in [0, 0.05) is 5.69 Å². The minimum atomic E-state index is -0.952. The van der Waals surface area contributed by atoms with Gasteiger partial charge in [0.2, 0.25) is 5.43 Å². The van der Waals surface area contributed by atoms with Crippen LogP contribution in [0.25, 0.3) is 16.8 Å². The van der Waals surface area contributed by atoms with Gasteiger partial charge in [0.15, 0.2) is 5.75 Å². The summed E-state index contributed by atoms with van der Waals surface area (Å²) in [6.45, 7) is 3.54. The Morgan fingerprint density at radius 3 is 2.14 bits per heavy atom. The summed E-state index contributed by atoms with van der Waals surface area (Å²) >= 11 is 0. The zero-order valence-electron chi connectivity index (χ0n) is 11.4. The van der Waals surface area contributed by atoms with Gasteiger partial charge in [-0.3, -0.25) is 19.5 Å². The molecule has 6 heteroatoms. The van der Waals surface area contributed by atoms with Crippen molar-refractivity contribution in [2.45, 2.75) is 13.8 Å². The molecule has 0 atom stereocenters. The molecule has 0 amide bonds. The molecule has 0 aliphatic rings. The molecular formula is C15H12N2O4. The van der Waals surface area contributed by atoms with Crippen LogP contribution in [0, 0.1) is 13.8 Å². The summed E-state index contributed by atoms with van der Waals surface area (Å²) in [6, 6.07) is 7.23. The zero-order valence-corrected chi connectivity index (χ0v) is 11.4. The molecule has 3 rings (SSSR count).